The average Bonchev–Trinajstić information content (AvgIpc) is 3.40. The predicted octanol–water partition coefficient (Wildman–Crippen LogP) is 3.77. The molecular formula is C27H28N2O5. The maximum atomic E-state index is 13.6. The summed E-state index contributed by atoms with van der Waals surface area (Å²) in [7, 11) is 0. The number of hydrogen-bond acceptors (Lipinski definition) is 4. The molecule has 2 heterocycles. The van der Waals surface area contributed by atoms with E-state index in [1.165, 1.54) is 4.90 Å². The summed E-state index contributed by atoms with van der Waals surface area (Å²) in [5.41, 5.74) is 2.27. The largest absolute Gasteiger partial charge is 0.479 e. The van der Waals surface area contributed by atoms with E-state index in [9.17, 15) is 19.5 Å². The Balaban J connectivity index is 1.18. The summed E-state index contributed by atoms with van der Waals surface area (Å²) >= 11 is 0. The van der Waals surface area contributed by atoms with Gasteiger partial charge < -0.3 is 20.1 Å². The van der Waals surface area contributed by atoms with Crippen LogP contribution in [-0.2, 0) is 14.3 Å². The fraction of sp³-hybridized carbons (Fsp3) is 0.444. The number of hydrogen-bond donors (Lipinski definition) is 2. The maximum Gasteiger partial charge on any atom is 0.408 e. The van der Waals surface area contributed by atoms with Crippen molar-refractivity contribution in [3.63, 3.8) is 0 Å². The first-order chi connectivity index (χ1) is 16.3. The zero-order chi connectivity index (χ0) is 23.7. The molecule has 0 aromatic heterocycles. The van der Waals surface area contributed by atoms with Crippen molar-refractivity contribution >= 4 is 18.0 Å². The minimum absolute atomic E-state index is 0.0101. The molecule has 1 unspecified atom stereocenters. The van der Waals surface area contributed by atoms with Crippen molar-refractivity contribution < 1.29 is 24.2 Å². The SMILES string of the molecule is CC(NC(=O)OCC1c2ccccc2-c2ccccc21)(C(=O)N1CC2CC1(C(=O)O)C2)C1CC1. The van der Waals surface area contributed by atoms with Crippen molar-refractivity contribution in [1.82, 2.24) is 10.2 Å². The number of aliphatic carboxylic acids is 1. The number of nitrogens with zero attached hydrogens (tertiary/aromatic N) is 1. The Morgan fingerprint density at radius 1 is 1.06 bits per heavy atom. The second-order valence-electron chi connectivity index (χ2n) is 10.5. The second-order valence-corrected chi connectivity index (χ2v) is 10.5. The number of nitrogens with one attached hydrogen (secondary N) is 1. The predicted molar refractivity (Wildman–Crippen MR) is 124 cm³/mol. The molecule has 7 rings (SSSR count). The van der Waals surface area contributed by atoms with E-state index >= 15 is 0 Å². The number of alkyl carbamates (subject to hydrolysis) is 1. The first-order valence-corrected chi connectivity index (χ1v) is 12.0. The molecule has 7 nitrogen and oxygen atoms in total. The molecule has 176 valence electrons. The van der Waals surface area contributed by atoms with Gasteiger partial charge in [0, 0.05) is 12.5 Å². The minimum Gasteiger partial charge on any atom is -0.479 e. The molecule has 2 saturated heterocycles. The summed E-state index contributed by atoms with van der Waals surface area (Å²) in [6.07, 6.45) is 2.01. The van der Waals surface area contributed by atoms with Gasteiger partial charge in [-0.15, -0.1) is 0 Å². The van der Waals surface area contributed by atoms with Crippen LogP contribution in [0.5, 0.6) is 0 Å². The van der Waals surface area contributed by atoms with E-state index < -0.39 is 23.1 Å². The van der Waals surface area contributed by atoms with Crippen molar-refractivity contribution in [3.8, 4) is 11.1 Å². The Hall–Kier alpha value is -3.35. The van der Waals surface area contributed by atoms with Gasteiger partial charge in [-0.05, 0) is 66.7 Å². The summed E-state index contributed by atoms with van der Waals surface area (Å²) < 4.78 is 5.70. The molecule has 34 heavy (non-hydrogen) atoms. The second kappa shape index (κ2) is 7.32. The lowest BCUT2D eigenvalue weighted by Gasteiger charge is -2.41. The number of amides is 2. The topological polar surface area (TPSA) is 95.9 Å². The number of ether oxygens (including phenoxy) is 1. The lowest BCUT2D eigenvalue weighted by Crippen LogP contribution is -2.64. The van der Waals surface area contributed by atoms with Crippen LogP contribution in [0.2, 0.25) is 0 Å². The van der Waals surface area contributed by atoms with Gasteiger partial charge in [0.2, 0.25) is 5.91 Å². The highest BCUT2D eigenvalue weighted by Gasteiger charge is 2.65. The smallest absolute Gasteiger partial charge is 0.408 e. The van der Waals surface area contributed by atoms with Crippen LogP contribution >= 0.6 is 0 Å². The summed E-state index contributed by atoms with van der Waals surface area (Å²) in [4.78, 5) is 40.0. The normalized spacial score (nSPS) is 26.1. The zero-order valence-electron chi connectivity index (χ0n) is 19.1. The minimum atomic E-state index is -1.16. The number of rotatable bonds is 6. The summed E-state index contributed by atoms with van der Waals surface area (Å²) in [5, 5.41) is 12.6. The van der Waals surface area contributed by atoms with Crippen LogP contribution in [0.15, 0.2) is 48.5 Å². The maximum absolute atomic E-state index is 13.6. The Kier molecular flexibility index (Phi) is 4.57. The van der Waals surface area contributed by atoms with Crippen LogP contribution in [0.4, 0.5) is 4.79 Å². The Bertz CT molecular complexity index is 1150. The first-order valence-electron chi connectivity index (χ1n) is 12.0. The summed E-state index contributed by atoms with van der Waals surface area (Å²) in [6.45, 7) is 2.33. The molecule has 1 atom stereocenters. The quantitative estimate of drug-likeness (QED) is 0.684. The van der Waals surface area contributed by atoms with Crippen LogP contribution in [-0.4, -0.2) is 52.2 Å². The van der Waals surface area contributed by atoms with E-state index in [2.05, 4.69) is 29.6 Å². The molecule has 7 heteroatoms. The van der Waals surface area contributed by atoms with Gasteiger partial charge in [-0.1, -0.05) is 48.5 Å². The van der Waals surface area contributed by atoms with Gasteiger partial charge in [-0.2, -0.15) is 0 Å². The Labute approximate surface area is 198 Å². The van der Waals surface area contributed by atoms with E-state index in [4.69, 9.17) is 4.74 Å². The Morgan fingerprint density at radius 2 is 1.65 bits per heavy atom. The number of carbonyl (C=O) groups is 3. The molecular weight excluding hydrogens is 432 g/mol. The van der Waals surface area contributed by atoms with Crippen molar-refractivity contribution in [1.29, 1.82) is 0 Å². The molecule has 2 aliphatic heterocycles. The highest BCUT2D eigenvalue weighted by molar-refractivity contribution is 5.96. The molecule has 4 fully saturated rings. The number of carboxylic acids is 1. The van der Waals surface area contributed by atoms with Gasteiger partial charge in [0.15, 0.2) is 0 Å². The van der Waals surface area contributed by atoms with Crippen LogP contribution in [0.1, 0.15) is 49.7 Å². The molecule has 0 spiro atoms. The van der Waals surface area contributed by atoms with Gasteiger partial charge in [0.05, 0.1) is 0 Å². The van der Waals surface area contributed by atoms with Gasteiger partial charge >= 0.3 is 12.1 Å². The van der Waals surface area contributed by atoms with Crippen LogP contribution < -0.4 is 5.32 Å². The third-order valence-corrected chi connectivity index (χ3v) is 8.40. The molecule has 0 radical (unpaired) electrons. The highest BCUT2D eigenvalue weighted by Crippen LogP contribution is 2.53. The zero-order valence-corrected chi connectivity index (χ0v) is 19.1. The van der Waals surface area contributed by atoms with Crippen molar-refractivity contribution in [2.45, 2.75) is 49.6 Å². The van der Waals surface area contributed by atoms with E-state index in [0.29, 0.717) is 19.4 Å². The molecule has 2 amide bonds. The highest BCUT2D eigenvalue weighted by atomic mass is 16.5. The molecule has 2 saturated carbocycles. The van der Waals surface area contributed by atoms with Crippen LogP contribution in [0.25, 0.3) is 11.1 Å². The fourth-order valence-corrected chi connectivity index (χ4v) is 6.36. The lowest BCUT2D eigenvalue weighted by molar-refractivity contribution is -0.161. The van der Waals surface area contributed by atoms with E-state index in [1.807, 2.05) is 24.3 Å². The third-order valence-electron chi connectivity index (χ3n) is 8.40. The van der Waals surface area contributed by atoms with Crippen molar-refractivity contribution in [2.24, 2.45) is 11.8 Å². The van der Waals surface area contributed by atoms with Gasteiger partial charge in [0.1, 0.15) is 17.7 Å². The number of carboxylic acid groups (broad SMARTS) is 1. The molecule has 2 aromatic rings. The number of carbonyl (C=O) groups excluding carboxylic acids is 2. The molecule has 2 N–H and O–H groups in total. The standard InChI is InChI=1S/C27H28N2O5/c1-26(17-10-11-17,23(30)29-14-16-12-27(29,13-16)24(31)32)28-25(33)34-15-22-20-8-4-2-6-18(20)19-7-3-5-9-21(19)22/h2-9,16-17,22H,10-15H2,1H3,(H,28,33)(H,31,32). The molecule has 5 aliphatic rings. The van der Waals surface area contributed by atoms with Gasteiger partial charge in [-0.25, -0.2) is 9.59 Å². The fourth-order valence-electron chi connectivity index (χ4n) is 6.36. The Morgan fingerprint density at radius 3 is 2.21 bits per heavy atom. The molecule has 2 aromatic carbocycles. The van der Waals surface area contributed by atoms with Crippen molar-refractivity contribution in [2.75, 3.05) is 13.2 Å². The lowest BCUT2D eigenvalue weighted by atomic mass is 9.73. The summed E-state index contributed by atoms with van der Waals surface area (Å²) in [5.74, 6) is -1.09. The van der Waals surface area contributed by atoms with E-state index in [1.54, 1.807) is 6.92 Å². The van der Waals surface area contributed by atoms with Gasteiger partial charge in [0.25, 0.3) is 0 Å². The van der Waals surface area contributed by atoms with E-state index in [0.717, 1.165) is 35.1 Å². The van der Waals surface area contributed by atoms with Crippen molar-refractivity contribution in [3.05, 3.63) is 59.7 Å². The molecule has 2 bridgehead atoms. The monoisotopic (exact) mass is 460 g/mol. The van der Waals surface area contributed by atoms with E-state index in [-0.39, 0.29) is 30.3 Å². The summed E-state index contributed by atoms with van der Waals surface area (Å²) in [6, 6.07) is 16.3. The van der Waals surface area contributed by atoms with Crippen LogP contribution in [0.3, 0.4) is 0 Å². The first kappa shape index (κ1) is 21.2. The van der Waals surface area contributed by atoms with Crippen LogP contribution in [0, 0.1) is 11.8 Å². The molecule has 3 aliphatic carbocycles. The average molecular weight is 461 g/mol. The van der Waals surface area contributed by atoms with Gasteiger partial charge in [-0.3, -0.25) is 4.79 Å². The number of fused-ring (bicyclic) bond motifs is 4. The third kappa shape index (κ3) is 2.99. The number of benzene rings is 2.